The van der Waals surface area contributed by atoms with Gasteiger partial charge in [-0.2, -0.15) is 0 Å². The van der Waals surface area contributed by atoms with Crippen LogP contribution in [0.4, 0.5) is 17.1 Å². The van der Waals surface area contributed by atoms with Crippen molar-refractivity contribution in [1.29, 1.82) is 0 Å². The molecule has 0 saturated carbocycles. The Labute approximate surface area is 247 Å². The highest BCUT2D eigenvalue weighted by molar-refractivity contribution is 6.10. The second-order valence-electron chi connectivity index (χ2n) is 10.6. The summed E-state index contributed by atoms with van der Waals surface area (Å²) < 4.78 is 4.42. The number of nitrogens with zero attached hydrogens (tertiary/aromatic N) is 5. The predicted octanol–water partition coefficient (Wildman–Crippen LogP) is 9.20. The number of rotatable bonds is 4. The summed E-state index contributed by atoms with van der Waals surface area (Å²) in [7, 11) is 0. The third-order valence-electron chi connectivity index (χ3n) is 8.12. The molecule has 0 atom stereocenters. The summed E-state index contributed by atoms with van der Waals surface area (Å²) in [6.45, 7) is 0. The summed E-state index contributed by atoms with van der Waals surface area (Å²) in [4.78, 5) is 12.6. The van der Waals surface area contributed by atoms with Crippen LogP contribution in [-0.4, -0.2) is 18.9 Å². The van der Waals surface area contributed by atoms with Gasteiger partial charge in [-0.3, -0.25) is 8.97 Å². The lowest BCUT2D eigenvalue weighted by molar-refractivity contribution is 0.979. The molecule has 0 bridgehead atoms. The van der Waals surface area contributed by atoms with Crippen molar-refractivity contribution in [3.8, 4) is 5.95 Å². The van der Waals surface area contributed by atoms with Crippen molar-refractivity contribution in [2.75, 3.05) is 4.90 Å². The van der Waals surface area contributed by atoms with Crippen LogP contribution in [0.15, 0.2) is 140 Å². The minimum atomic E-state index is 0.790. The Bertz CT molecular complexity index is 2420. The first kappa shape index (κ1) is 23.6. The lowest BCUT2D eigenvalue weighted by atomic mass is 10.1. The van der Waals surface area contributed by atoms with E-state index in [-0.39, 0.29) is 0 Å². The van der Waals surface area contributed by atoms with Crippen molar-refractivity contribution in [2.45, 2.75) is 0 Å². The average molecular weight is 550 g/mol. The van der Waals surface area contributed by atoms with Gasteiger partial charge >= 0.3 is 0 Å². The van der Waals surface area contributed by atoms with Gasteiger partial charge in [0.15, 0.2) is 0 Å². The van der Waals surface area contributed by atoms with Gasteiger partial charge in [-0.15, -0.1) is 0 Å². The first-order chi connectivity index (χ1) is 21.3. The maximum atomic E-state index is 5.27. The van der Waals surface area contributed by atoms with E-state index in [1.54, 1.807) is 0 Å². The van der Waals surface area contributed by atoms with E-state index in [0.29, 0.717) is 0 Å². The minimum absolute atomic E-state index is 0.790. The molecule has 0 unspecified atom stereocenters. The highest BCUT2D eigenvalue weighted by atomic mass is 15.2. The molecule has 0 aliphatic carbocycles. The normalized spacial score (nSPS) is 11.5. The zero-order valence-electron chi connectivity index (χ0n) is 23.0. The Hall–Kier alpha value is -6.12. The summed E-state index contributed by atoms with van der Waals surface area (Å²) in [6, 6.07) is 54.7. The van der Waals surface area contributed by atoms with Gasteiger partial charge < -0.3 is 4.90 Å². The zero-order chi connectivity index (χ0) is 28.3. The molecule has 0 saturated heterocycles. The topological polar surface area (TPSA) is 38.4 Å². The van der Waals surface area contributed by atoms with Crippen LogP contribution < -0.4 is 4.90 Å². The smallest absolute Gasteiger partial charge is 0.221 e. The van der Waals surface area contributed by atoms with Crippen molar-refractivity contribution >= 4 is 66.5 Å². The van der Waals surface area contributed by atoms with Crippen LogP contribution >= 0.6 is 0 Å². The molecule has 200 valence electrons. The van der Waals surface area contributed by atoms with Gasteiger partial charge in [0.1, 0.15) is 5.65 Å². The number of para-hydroxylation sites is 5. The molecule has 0 amide bonds. The molecule has 5 nitrogen and oxygen atoms in total. The SMILES string of the molecule is c1ccc2c(c#1)c1cc(N(c3ccccc3)c3ccccc3)ccc1n2-c1nc2ccccc2c2nc3ccccc3n12. The molecule has 0 fully saturated rings. The van der Waals surface area contributed by atoms with E-state index in [0.717, 1.165) is 72.4 Å². The fourth-order valence-electron chi connectivity index (χ4n) is 6.26. The maximum absolute atomic E-state index is 5.27. The molecular weight excluding hydrogens is 526 g/mol. The second kappa shape index (κ2) is 9.20. The summed E-state index contributed by atoms with van der Waals surface area (Å²) in [5, 5.41) is 3.09. The van der Waals surface area contributed by atoms with Crippen LogP contribution in [0.25, 0.3) is 55.3 Å². The summed E-state index contributed by atoms with van der Waals surface area (Å²) in [6.07, 6.45) is 0. The molecule has 3 aromatic heterocycles. The molecule has 43 heavy (non-hydrogen) atoms. The molecule has 3 heterocycles. The van der Waals surface area contributed by atoms with Gasteiger partial charge in [0.25, 0.3) is 0 Å². The standard InChI is InChI=1S/C38H23N5/c1-3-13-26(14-4-1)41(27-15-5-2-6-16-27)28-23-24-35-31(25-28)29-17-8-11-21-34(29)42(35)38-40-32-19-9-7-18-30(32)37-39-33-20-10-12-22-36(33)43(37)38/h1-7,9-16,18-25H. The van der Waals surface area contributed by atoms with E-state index in [1.807, 2.05) is 36.4 Å². The molecule has 9 rings (SSSR count). The Kier molecular flexibility index (Phi) is 5.04. The molecule has 0 aliphatic heterocycles. The predicted molar refractivity (Wildman–Crippen MR) is 175 cm³/mol. The van der Waals surface area contributed by atoms with E-state index in [9.17, 15) is 0 Å². The van der Waals surface area contributed by atoms with Crippen LogP contribution in [0.1, 0.15) is 0 Å². The van der Waals surface area contributed by atoms with E-state index < -0.39 is 0 Å². The summed E-state index contributed by atoms with van der Waals surface area (Å²) >= 11 is 0. The second-order valence-corrected chi connectivity index (χ2v) is 10.6. The number of aromatic nitrogens is 4. The van der Waals surface area contributed by atoms with Crippen LogP contribution in [0.2, 0.25) is 0 Å². The fraction of sp³-hybridized carbons (Fsp3) is 0. The monoisotopic (exact) mass is 549 g/mol. The van der Waals surface area contributed by atoms with Gasteiger partial charge in [-0.1, -0.05) is 72.8 Å². The fourth-order valence-corrected chi connectivity index (χ4v) is 6.26. The largest absolute Gasteiger partial charge is 0.310 e. The molecule has 0 spiro atoms. The molecule has 6 aromatic carbocycles. The Morgan fingerprint density at radius 2 is 1.23 bits per heavy atom. The molecular formula is C38H23N5. The summed E-state index contributed by atoms with van der Waals surface area (Å²) in [5.74, 6) is 0.790. The van der Waals surface area contributed by atoms with Crippen molar-refractivity contribution < 1.29 is 0 Å². The zero-order valence-corrected chi connectivity index (χ0v) is 23.0. The third kappa shape index (κ3) is 3.54. The Balaban J connectivity index is 1.37. The molecule has 9 aromatic rings. The van der Waals surface area contributed by atoms with E-state index in [4.69, 9.17) is 9.97 Å². The van der Waals surface area contributed by atoms with Crippen molar-refractivity contribution in [1.82, 2.24) is 18.9 Å². The van der Waals surface area contributed by atoms with E-state index in [2.05, 4.69) is 129 Å². The van der Waals surface area contributed by atoms with Gasteiger partial charge in [-0.05, 0) is 78.9 Å². The molecule has 0 radical (unpaired) electrons. The molecule has 0 N–H and O–H groups in total. The third-order valence-corrected chi connectivity index (χ3v) is 8.12. The van der Waals surface area contributed by atoms with Gasteiger partial charge in [-0.25, -0.2) is 9.97 Å². The average Bonchev–Trinajstić information content (AvgIpc) is 3.62. The maximum Gasteiger partial charge on any atom is 0.221 e. The minimum Gasteiger partial charge on any atom is -0.310 e. The van der Waals surface area contributed by atoms with Crippen LogP contribution in [-0.2, 0) is 0 Å². The highest BCUT2D eigenvalue weighted by Gasteiger charge is 2.21. The lowest BCUT2D eigenvalue weighted by Gasteiger charge is -2.25. The summed E-state index contributed by atoms with van der Waals surface area (Å²) in [5.41, 5.74) is 9.04. The first-order valence-electron chi connectivity index (χ1n) is 14.3. The van der Waals surface area contributed by atoms with Crippen molar-refractivity contribution in [3.63, 3.8) is 0 Å². The quantitative estimate of drug-likeness (QED) is 0.220. The number of fused-ring (bicyclic) bond motifs is 8. The van der Waals surface area contributed by atoms with Crippen LogP contribution in [0.5, 0.6) is 0 Å². The van der Waals surface area contributed by atoms with E-state index >= 15 is 0 Å². The Morgan fingerprint density at radius 1 is 0.535 bits per heavy atom. The van der Waals surface area contributed by atoms with Gasteiger partial charge in [0.05, 0.1) is 33.0 Å². The van der Waals surface area contributed by atoms with Crippen LogP contribution in [0.3, 0.4) is 0 Å². The molecule has 0 aliphatic rings. The van der Waals surface area contributed by atoms with Gasteiger partial charge in [0, 0.05) is 27.8 Å². The number of hydrogen-bond donors (Lipinski definition) is 0. The van der Waals surface area contributed by atoms with Crippen molar-refractivity contribution in [3.05, 3.63) is 152 Å². The van der Waals surface area contributed by atoms with E-state index in [1.165, 1.54) is 0 Å². The first-order valence-corrected chi connectivity index (χ1v) is 14.3. The number of anilines is 3. The number of imidazole rings is 1. The van der Waals surface area contributed by atoms with Gasteiger partial charge in [0.2, 0.25) is 5.95 Å². The number of hydrogen-bond acceptors (Lipinski definition) is 3. The highest BCUT2D eigenvalue weighted by Crippen LogP contribution is 2.39. The molecule has 5 heteroatoms. The van der Waals surface area contributed by atoms with Crippen molar-refractivity contribution in [2.24, 2.45) is 0 Å². The lowest BCUT2D eigenvalue weighted by Crippen LogP contribution is -2.09. The van der Waals surface area contributed by atoms with Crippen LogP contribution in [0, 0.1) is 12.1 Å². The Morgan fingerprint density at radius 3 is 2.02 bits per heavy atom. The number of benzene rings is 5.